The Labute approximate surface area is 127 Å². The van der Waals surface area contributed by atoms with Crippen LogP contribution in [-0.4, -0.2) is 23.7 Å². The minimum Gasteiger partial charge on any atom is -0.395 e. The maximum atomic E-state index is 12.2. The zero-order valence-corrected chi connectivity index (χ0v) is 13.6. The van der Waals surface area contributed by atoms with Gasteiger partial charge in [-0.25, -0.2) is 0 Å². The Morgan fingerprint density at radius 3 is 2.57 bits per heavy atom. The Balaban J connectivity index is 2.85. The van der Waals surface area contributed by atoms with Crippen LogP contribution in [0.25, 0.3) is 0 Å². The SMILES string of the molecule is Cc1cc(C(=O)NC(C)C(C)(C)C)ccc1C#CCCO. The number of nitrogens with one attached hydrogen (secondary N) is 1. The fourth-order valence-corrected chi connectivity index (χ4v) is 1.66. The highest BCUT2D eigenvalue weighted by atomic mass is 16.2. The van der Waals surface area contributed by atoms with E-state index in [0.29, 0.717) is 12.0 Å². The topological polar surface area (TPSA) is 49.3 Å². The molecule has 0 aromatic heterocycles. The van der Waals surface area contributed by atoms with Gasteiger partial charge in [0.05, 0.1) is 6.61 Å². The van der Waals surface area contributed by atoms with Crippen LogP contribution in [0.1, 0.15) is 55.6 Å². The molecule has 0 saturated carbocycles. The lowest BCUT2D eigenvalue weighted by Gasteiger charge is -2.28. The molecule has 114 valence electrons. The van der Waals surface area contributed by atoms with Crippen molar-refractivity contribution in [2.24, 2.45) is 5.41 Å². The second kappa shape index (κ2) is 7.28. The average Bonchev–Trinajstić information content (AvgIpc) is 2.39. The number of hydrogen-bond acceptors (Lipinski definition) is 2. The summed E-state index contributed by atoms with van der Waals surface area (Å²) >= 11 is 0. The Kier molecular flexibility index (Phi) is 5.99. The quantitative estimate of drug-likeness (QED) is 0.840. The number of hydrogen-bond donors (Lipinski definition) is 2. The normalized spacial score (nSPS) is 12.3. The van der Waals surface area contributed by atoms with Crippen molar-refractivity contribution >= 4 is 5.91 Å². The molecule has 1 aromatic rings. The first-order chi connectivity index (χ1) is 9.75. The van der Waals surface area contributed by atoms with Crippen molar-refractivity contribution in [1.82, 2.24) is 5.32 Å². The third kappa shape index (κ3) is 5.24. The first-order valence-electron chi connectivity index (χ1n) is 7.27. The Morgan fingerprint density at radius 1 is 1.38 bits per heavy atom. The zero-order chi connectivity index (χ0) is 16.0. The average molecular weight is 287 g/mol. The lowest BCUT2D eigenvalue weighted by atomic mass is 9.88. The van der Waals surface area contributed by atoms with Crippen LogP contribution in [0.15, 0.2) is 18.2 Å². The number of amides is 1. The largest absolute Gasteiger partial charge is 0.395 e. The molecule has 3 nitrogen and oxygen atoms in total. The summed E-state index contributed by atoms with van der Waals surface area (Å²) in [6.45, 7) is 10.3. The lowest BCUT2D eigenvalue weighted by Crippen LogP contribution is -2.41. The summed E-state index contributed by atoms with van der Waals surface area (Å²) in [6.07, 6.45) is 0.463. The van der Waals surface area contributed by atoms with E-state index in [9.17, 15) is 4.79 Å². The Hall–Kier alpha value is -1.79. The number of aliphatic hydroxyl groups is 1. The van der Waals surface area contributed by atoms with Crippen LogP contribution >= 0.6 is 0 Å². The first kappa shape index (κ1) is 17.3. The molecule has 0 aliphatic rings. The molecular formula is C18H25NO2. The molecule has 0 bridgehead atoms. The zero-order valence-electron chi connectivity index (χ0n) is 13.6. The molecule has 1 atom stereocenters. The van der Waals surface area contributed by atoms with Crippen LogP contribution < -0.4 is 5.32 Å². The molecule has 1 amide bonds. The number of carbonyl (C=O) groups is 1. The van der Waals surface area contributed by atoms with Crippen molar-refractivity contribution in [2.45, 2.75) is 47.1 Å². The van der Waals surface area contributed by atoms with E-state index in [1.807, 2.05) is 26.0 Å². The molecule has 0 spiro atoms. The van der Waals surface area contributed by atoms with Crippen molar-refractivity contribution in [3.8, 4) is 11.8 Å². The van der Waals surface area contributed by atoms with E-state index < -0.39 is 0 Å². The van der Waals surface area contributed by atoms with Crippen LogP contribution in [0.2, 0.25) is 0 Å². The van der Waals surface area contributed by atoms with E-state index in [2.05, 4.69) is 37.9 Å². The van der Waals surface area contributed by atoms with Gasteiger partial charge in [-0.2, -0.15) is 0 Å². The molecule has 0 heterocycles. The fourth-order valence-electron chi connectivity index (χ4n) is 1.66. The molecule has 1 unspecified atom stereocenters. The highest BCUT2D eigenvalue weighted by Gasteiger charge is 2.22. The van der Waals surface area contributed by atoms with Gasteiger partial charge in [-0.1, -0.05) is 32.6 Å². The number of carbonyl (C=O) groups excluding carboxylic acids is 1. The van der Waals surface area contributed by atoms with Crippen molar-refractivity contribution < 1.29 is 9.90 Å². The highest BCUT2D eigenvalue weighted by molar-refractivity contribution is 5.94. The van der Waals surface area contributed by atoms with Crippen LogP contribution in [0.4, 0.5) is 0 Å². The predicted octanol–water partition coefficient (Wildman–Crippen LogP) is 2.89. The fraction of sp³-hybridized carbons (Fsp3) is 0.500. The molecule has 21 heavy (non-hydrogen) atoms. The summed E-state index contributed by atoms with van der Waals surface area (Å²) < 4.78 is 0. The minimum absolute atomic E-state index is 0.0282. The monoisotopic (exact) mass is 287 g/mol. The molecule has 0 fully saturated rings. The summed E-state index contributed by atoms with van der Waals surface area (Å²) in [6, 6.07) is 5.60. The van der Waals surface area contributed by atoms with Gasteiger partial charge in [0, 0.05) is 23.6 Å². The van der Waals surface area contributed by atoms with Gasteiger partial charge in [0.15, 0.2) is 0 Å². The maximum absolute atomic E-state index is 12.2. The molecule has 0 saturated heterocycles. The molecule has 1 aromatic carbocycles. The number of rotatable bonds is 3. The van der Waals surface area contributed by atoms with E-state index in [1.54, 1.807) is 6.07 Å². The van der Waals surface area contributed by atoms with Gasteiger partial charge >= 0.3 is 0 Å². The van der Waals surface area contributed by atoms with Gasteiger partial charge in [0.1, 0.15) is 0 Å². The van der Waals surface area contributed by atoms with E-state index >= 15 is 0 Å². The van der Waals surface area contributed by atoms with Crippen molar-refractivity contribution in [2.75, 3.05) is 6.61 Å². The van der Waals surface area contributed by atoms with Crippen LogP contribution in [0.5, 0.6) is 0 Å². The third-order valence-corrected chi connectivity index (χ3v) is 3.60. The second-order valence-corrected chi connectivity index (χ2v) is 6.37. The molecular weight excluding hydrogens is 262 g/mol. The Morgan fingerprint density at radius 2 is 2.05 bits per heavy atom. The smallest absolute Gasteiger partial charge is 0.251 e. The number of benzene rings is 1. The van der Waals surface area contributed by atoms with Crippen LogP contribution in [0.3, 0.4) is 0 Å². The van der Waals surface area contributed by atoms with Crippen LogP contribution in [0, 0.1) is 24.2 Å². The molecule has 0 radical (unpaired) electrons. The highest BCUT2D eigenvalue weighted by Crippen LogP contribution is 2.19. The summed E-state index contributed by atoms with van der Waals surface area (Å²) in [5, 5.41) is 11.8. The minimum atomic E-state index is -0.0598. The van der Waals surface area contributed by atoms with Gasteiger partial charge in [0.25, 0.3) is 5.91 Å². The van der Waals surface area contributed by atoms with Gasteiger partial charge < -0.3 is 10.4 Å². The number of aliphatic hydroxyl groups excluding tert-OH is 1. The maximum Gasteiger partial charge on any atom is 0.251 e. The molecule has 2 N–H and O–H groups in total. The van der Waals surface area contributed by atoms with E-state index in [-0.39, 0.29) is 24.0 Å². The standard InChI is InChI=1S/C18H25NO2/c1-13-12-16(10-9-15(13)8-6-7-11-20)17(21)19-14(2)18(3,4)5/h9-10,12,14,20H,7,11H2,1-5H3,(H,19,21). The molecule has 0 aliphatic carbocycles. The van der Waals surface area contributed by atoms with Gasteiger partial charge in [-0.3, -0.25) is 4.79 Å². The number of aryl methyl sites for hydroxylation is 1. The van der Waals surface area contributed by atoms with Gasteiger partial charge in [-0.15, -0.1) is 0 Å². The van der Waals surface area contributed by atoms with E-state index in [4.69, 9.17) is 5.11 Å². The molecule has 1 rings (SSSR count). The third-order valence-electron chi connectivity index (χ3n) is 3.60. The van der Waals surface area contributed by atoms with Crippen LogP contribution in [-0.2, 0) is 0 Å². The van der Waals surface area contributed by atoms with Crippen molar-refractivity contribution in [3.05, 3.63) is 34.9 Å². The van der Waals surface area contributed by atoms with Crippen molar-refractivity contribution in [1.29, 1.82) is 0 Å². The lowest BCUT2D eigenvalue weighted by molar-refractivity contribution is 0.0910. The summed E-state index contributed by atoms with van der Waals surface area (Å²) in [7, 11) is 0. The summed E-state index contributed by atoms with van der Waals surface area (Å²) in [5.41, 5.74) is 2.54. The van der Waals surface area contributed by atoms with Gasteiger partial charge in [-0.05, 0) is 43.0 Å². The molecule has 3 heteroatoms. The summed E-state index contributed by atoms with van der Waals surface area (Å²) in [5.74, 6) is 5.84. The molecule has 0 aliphatic heterocycles. The van der Waals surface area contributed by atoms with E-state index in [0.717, 1.165) is 11.1 Å². The predicted molar refractivity (Wildman–Crippen MR) is 86.1 cm³/mol. The van der Waals surface area contributed by atoms with Gasteiger partial charge in [0.2, 0.25) is 0 Å². The second-order valence-electron chi connectivity index (χ2n) is 6.37. The first-order valence-corrected chi connectivity index (χ1v) is 7.27. The van der Waals surface area contributed by atoms with E-state index in [1.165, 1.54) is 0 Å². The van der Waals surface area contributed by atoms with Crippen molar-refractivity contribution in [3.63, 3.8) is 0 Å². The summed E-state index contributed by atoms with van der Waals surface area (Å²) in [4.78, 5) is 12.2. The Bertz CT molecular complexity index is 559.